The number of hydrogen-bond acceptors (Lipinski definition) is 4. The fraction of sp³-hybridized carbons (Fsp3) is 0.391. The molecule has 4 nitrogen and oxygen atoms in total. The van der Waals surface area contributed by atoms with Crippen LogP contribution in [0.5, 0.6) is 11.5 Å². The van der Waals surface area contributed by atoms with E-state index in [9.17, 15) is 9.50 Å². The molecular formula is C23H30FNO3. The molecule has 28 heavy (non-hydrogen) atoms. The number of benzene rings is 2. The van der Waals surface area contributed by atoms with Crippen LogP contribution in [0.15, 0.2) is 48.0 Å². The number of aliphatic hydroxyl groups is 1. The highest BCUT2D eigenvalue weighted by Crippen LogP contribution is 2.40. The molecule has 2 unspecified atom stereocenters. The standard InChI is InChI=1S/C23H30FNO3/c1-16(13-18-7-10-20(27-5)11-8-18)23(26,17(2)15-25(3)4)19-9-12-21(24)22(14-19)28-6/h7-14,17,26H,15H2,1-6H3. The van der Waals surface area contributed by atoms with E-state index >= 15 is 0 Å². The van der Waals surface area contributed by atoms with Gasteiger partial charge in [0.15, 0.2) is 11.6 Å². The van der Waals surface area contributed by atoms with Crippen molar-refractivity contribution in [3.63, 3.8) is 0 Å². The second kappa shape index (κ2) is 9.22. The van der Waals surface area contributed by atoms with Gasteiger partial charge in [0.1, 0.15) is 11.4 Å². The minimum Gasteiger partial charge on any atom is -0.497 e. The summed E-state index contributed by atoms with van der Waals surface area (Å²) in [5.41, 5.74) is 1.02. The quantitative estimate of drug-likeness (QED) is 0.732. The first-order valence-corrected chi connectivity index (χ1v) is 9.26. The number of hydrogen-bond donors (Lipinski definition) is 1. The lowest BCUT2D eigenvalue weighted by molar-refractivity contribution is 0.0103. The molecule has 0 aliphatic heterocycles. The van der Waals surface area contributed by atoms with Crippen molar-refractivity contribution in [3.8, 4) is 11.5 Å². The summed E-state index contributed by atoms with van der Waals surface area (Å²) in [6.45, 7) is 4.54. The van der Waals surface area contributed by atoms with Gasteiger partial charge in [0.25, 0.3) is 0 Å². The first-order chi connectivity index (χ1) is 13.2. The topological polar surface area (TPSA) is 41.9 Å². The van der Waals surface area contributed by atoms with E-state index in [4.69, 9.17) is 9.47 Å². The van der Waals surface area contributed by atoms with Gasteiger partial charge in [-0.3, -0.25) is 0 Å². The Morgan fingerprint density at radius 1 is 1.14 bits per heavy atom. The molecule has 2 rings (SSSR count). The predicted molar refractivity (Wildman–Crippen MR) is 111 cm³/mol. The van der Waals surface area contributed by atoms with Crippen LogP contribution in [0.4, 0.5) is 4.39 Å². The molecule has 2 aromatic rings. The summed E-state index contributed by atoms with van der Waals surface area (Å²) < 4.78 is 24.3. The Bertz CT molecular complexity index is 817. The summed E-state index contributed by atoms with van der Waals surface area (Å²) in [4.78, 5) is 2.02. The highest BCUT2D eigenvalue weighted by atomic mass is 19.1. The second-order valence-corrected chi connectivity index (χ2v) is 7.38. The summed E-state index contributed by atoms with van der Waals surface area (Å²) in [5.74, 6) is 0.289. The number of rotatable bonds is 8. The lowest BCUT2D eigenvalue weighted by Crippen LogP contribution is -2.40. The van der Waals surface area contributed by atoms with E-state index in [1.165, 1.54) is 13.2 Å². The van der Waals surface area contributed by atoms with E-state index in [2.05, 4.69) is 0 Å². The van der Waals surface area contributed by atoms with E-state index in [1.54, 1.807) is 19.2 Å². The van der Waals surface area contributed by atoms with Crippen LogP contribution in [0.2, 0.25) is 0 Å². The smallest absolute Gasteiger partial charge is 0.165 e. The highest BCUT2D eigenvalue weighted by Gasteiger charge is 2.38. The van der Waals surface area contributed by atoms with E-state index in [0.29, 0.717) is 12.1 Å². The molecule has 0 radical (unpaired) electrons. The molecule has 0 aromatic heterocycles. The second-order valence-electron chi connectivity index (χ2n) is 7.38. The maximum atomic E-state index is 13.9. The van der Waals surface area contributed by atoms with Gasteiger partial charge in [0, 0.05) is 12.5 Å². The summed E-state index contributed by atoms with van der Waals surface area (Å²) in [5, 5.41) is 11.8. The van der Waals surface area contributed by atoms with Gasteiger partial charge in [-0.15, -0.1) is 0 Å². The monoisotopic (exact) mass is 387 g/mol. The van der Waals surface area contributed by atoms with Crippen molar-refractivity contribution in [1.29, 1.82) is 0 Å². The summed E-state index contributed by atoms with van der Waals surface area (Å²) in [6.07, 6.45) is 1.95. The fourth-order valence-corrected chi connectivity index (χ4v) is 3.54. The molecule has 0 saturated carbocycles. The first kappa shape index (κ1) is 21.9. The van der Waals surface area contributed by atoms with Gasteiger partial charge in [0.05, 0.1) is 14.2 Å². The third-order valence-electron chi connectivity index (χ3n) is 5.04. The van der Waals surface area contributed by atoms with Crippen LogP contribution in [-0.2, 0) is 5.60 Å². The zero-order valence-electron chi connectivity index (χ0n) is 17.5. The van der Waals surface area contributed by atoms with Crippen molar-refractivity contribution in [2.24, 2.45) is 5.92 Å². The van der Waals surface area contributed by atoms with Crippen LogP contribution in [0.25, 0.3) is 6.08 Å². The lowest BCUT2D eigenvalue weighted by Gasteiger charge is -2.37. The number of halogens is 1. The lowest BCUT2D eigenvalue weighted by atomic mass is 9.76. The maximum Gasteiger partial charge on any atom is 0.165 e. The van der Waals surface area contributed by atoms with Gasteiger partial charge >= 0.3 is 0 Å². The first-order valence-electron chi connectivity index (χ1n) is 9.26. The Labute approximate surface area is 167 Å². The van der Waals surface area contributed by atoms with Gasteiger partial charge in [-0.05, 0) is 62.0 Å². The van der Waals surface area contributed by atoms with Crippen molar-refractivity contribution in [3.05, 3.63) is 65.0 Å². The van der Waals surface area contributed by atoms with Crippen LogP contribution >= 0.6 is 0 Å². The molecule has 152 valence electrons. The minimum atomic E-state index is -1.29. The Kier molecular flexibility index (Phi) is 7.22. The molecule has 0 heterocycles. The van der Waals surface area contributed by atoms with Gasteiger partial charge in [-0.2, -0.15) is 0 Å². The van der Waals surface area contributed by atoms with E-state index < -0.39 is 11.4 Å². The molecule has 0 bridgehead atoms. The van der Waals surface area contributed by atoms with E-state index in [-0.39, 0.29) is 11.7 Å². The molecule has 0 aliphatic carbocycles. The van der Waals surface area contributed by atoms with Gasteiger partial charge in [0.2, 0.25) is 0 Å². The molecule has 2 aromatic carbocycles. The molecule has 0 spiro atoms. The summed E-state index contributed by atoms with van der Waals surface area (Å²) in [6, 6.07) is 12.2. The normalized spacial score (nSPS) is 15.2. The van der Waals surface area contributed by atoms with Crippen molar-refractivity contribution in [2.45, 2.75) is 19.4 Å². The molecule has 0 fully saturated rings. The third-order valence-corrected chi connectivity index (χ3v) is 5.04. The SMILES string of the molecule is COc1ccc(C=C(C)C(O)(c2ccc(F)c(OC)c2)C(C)CN(C)C)cc1. The molecule has 1 N–H and O–H groups in total. The predicted octanol–water partition coefficient (Wildman–Crippen LogP) is 4.33. The third kappa shape index (κ3) is 4.72. The number of methoxy groups -OCH3 is 2. The van der Waals surface area contributed by atoms with E-state index in [1.807, 2.05) is 63.2 Å². The molecule has 2 atom stereocenters. The van der Waals surface area contributed by atoms with Gasteiger partial charge in [-0.25, -0.2) is 4.39 Å². The van der Waals surface area contributed by atoms with E-state index in [0.717, 1.165) is 16.9 Å². The van der Waals surface area contributed by atoms with Crippen molar-refractivity contribution >= 4 is 6.08 Å². The number of nitrogens with zero attached hydrogens (tertiary/aromatic N) is 1. The Morgan fingerprint density at radius 2 is 1.79 bits per heavy atom. The van der Waals surface area contributed by atoms with Crippen LogP contribution in [0.3, 0.4) is 0 Å². The van der Waals surface area contributed by atoms with Crippen LogP contribution < -0.4 is 9.47 Å². The van der Waals surface area contributed by atoms with Gasteiger partial charge < -0.3 is 19.5 Å². The molecule has 0 saturated heterocycles. The summed E-state index contributed by atoms with van der Waals surface area (Å²) >= 11 is 0. The molecule has 0 amide bonds. The minimum absolute atomic E-state index is 0.116. The highest BCUT2D eigenvalue weighted by molar-refractivity contribution is 5.57. The molecule has 0 aliphatic rings. The van der Waals surface area contributed by atoms with Crippen LogP contribution in [0.1, 0.15) is 25.0 Å². The van der Waals surface area contributed by atoms with Crippen molar-refractivity contribution < 1.29 is 19.0 Å². The summed E-state index contributed by atoms with van der Waals surface area (Å²) in [7, 11) is 6.97. The van der Waals surface area contributed by atoms with Crippen LogP contribution in [0, 0.1) is 11.7 Å². The maximum absolute atomic E-state index is 13.9. The average molecular weight is 387 g/mol. The van der Waals surface area contributed by atoms with Crippen LogP contribution in [-0.4, -0.2) is 44.9 Å². The zero-order chi connectivity index (χ0) is 20.9. The van der Waals surface area contributed by atoms with Crippen molar-refractivity contribution in [2.75, 3.05) is 34.9 Å². The largest absolute Gasteiger partial charge is 0.497 e. The average Bonchev–Trinajstić information content (AvgIpc) is 2.67. The fourth-order valence-electron chi connectivity index (χ4n) is 3.54. The Morgan fingerprint density at radius 3 is 2.32 bits per heavy atom. The number of ether oxygens (including phenoxy) is 2. The van der Waals surface area contributed by atoms with Gasteiger partial charge in [-0.1, -0.05) is 31.2 Å². The zero-order valence-corrected chi connectivity index (χ0v) is 17.5. The Hall–Kier alpha value is -2.37. The molecular weight excluding hydrogens is 357 g/mol. The Balaban J connectivity index is 2.54. The van der Waals surface area contributed by atoms with Crippen molar-refractivity contribution in [1.82, 2.24) is 4.90 Å². The molecule has 5 heteroatoms.